The maximum atomic E-state index is 12.0. The third-order valence-electron chi connectivity index (χ3n) is 4.75. The third-order valence-corrected chi connectivity index (χ3v) is 4.75. The zero-order chi connectivity index (χ0) is 20.9. The molecule has 2 aromatic carbocycles. The van der Waals surface area contributed by atoms with Crippen LogP contribution in [-0.4, -0.2) is 25.3 Å². The summed E-state index contributed by atoms with van der Waals surface area (Å²) in [7, 11) is 3.18. The van der Waals surface area contributed by atoms with Crippen LogP contribution >= 0.6 is 0 Å². The lowest BCUT2D eigenvalue weighted by Crippen LogP contribution is -2.19. The first kappa shape index (κ1) is 19.3. The molecule has 1 aliphatic heterocycles. The normalized spacial score (nSPS) is 17.3. The first-order valence-electron chi connectivity index (χ1n) is 9.40. The minimum atomic E-state index is -0.462. The van der Waals surface area contributed by atoms with Gasteiger partial charge < -0.3 is 19.5 Å². The van der Waals surface area contributed by atoms with Gasteiger partial charge in [-0.1, -0.05) is 36.3 Å². The largest absolute Gasteiger partial charge is 0.497 e. The van der Waals surface area contributed by atoms with E-state index < -0.39 is 12.2 Å². The highest BCUT2D eigenvalue weighted by Crippen LogP contribution is 2.37. The first-order valence-corrected chi connectivity index (χ1v) is 9.40. The van der Waals surface area contributed by atoms with Crippen LogP contribution in [0.2, 0.25) is 0 Å². The summed E-state index contributed by atoms with van der Waals surface area (Å²) in [5, 5.41) is 2.89. The van der Waals surface area contributed by atoms with E-state index in [1.165, 1.54) is 0 Å². The fourth-order valence-corrected chi connectivity index (χ4v) is 3.30. The molecule has 0 spiro atoms. The van der Waals surface area contributed by atoms with Gasteiger partial charge in [0.05, 0.1) is 20.3 Å². The number of ether oxygens (including phenoxy) is 3. The van der Waals surface area contributed by atoms with Crippen molar-refractivity contribution in [2.45, 2.75) is 12.1 Å². The van der Waals surface area contributed by atoms with Gasteiger partial charge in [-0.15, -0.1) is 0 Å². The van der Waals surface area contributed by atoms with Crippen molar-refractivity contribution < 1.29 is 19.0 Å². The first-order chi connectivity index (χ1) is 14.7. The van der Waals surface area contributed by atoms with Gasteiger partial charge >= 0.3 is 6.09 Å². The zero-order valence-electron chi connectivity index (χ0n) is 16.6. The van der Waals surface area contributed by atoms with Crippen LogP contribution < -0.4 is 14.8 Å². The van der Waals surface area contributed by atoms with Crippen LogP contribution in [0.1, 0.15) is 34.5 Å². The summed E-state index contributed by atoms with van der Waals surface area (Å²) in [6.45, 7) is 0. The molecule has 1 aliphatic rings. The molecule has 1 N–H and O–H groups in total. The lowest BCUT2D eigenvalue weighted by molar-refractivity contribution is 0.132. The lowest BCUT2D eigenvalue weighted by atomic mass is 9.95. The number of carbonyl (C=O) groups is 1. The van der Waals surface area contributed by atoms with Crippen molar-refractivity contribution in [3.63, 3.8) is 0 Å². The molecular weight excluding hydrogens is 380 g/mol. The lowest BCUT2D eigenvalue weighted by Gasteiger charge is -2.18. The Bertz CT molecular complexity index is 1130. The van der Waals surface area contributed by atoms with Gasteiger partial charge in [-0.3, -0.25) is 0 Å². The Morgan fingerprint density at radius 3 is 2.57 bits per heavy atom. The van der Waals surface area contributed by atoms with Gasteiger partial charge in [-0.05, 0) is 47.4 Å². The maximum absolute atomic E-state index is 12.0. The Morgan fingerprint density at radius 1 is 0.933 bits per heavy atom. The fourth-order valence-electron chi connectivity index (χ4n) is 3.30. The van der Waals surface area contributed by atoms with Gasteiger partial charge in [-0.2, -0.15) is 0 Å². The van der Waals surface area contributed by atoms with Crippen molar-refractivity contribution in [2.75, 3.05) is 14.2 Å². The Morgan fingerprint density at radius 2 is 1.73 bits per heavy atom. The second-order valence-corrected chi connectivity index (χ2v) is 6.67. The smallest absolute Gasteiger partial charge is 0.408 e. The molecule has 0 aliphatic carbocycles. The number of nitrogens with zero attached hydrogens (tertiary/aromatic N) is 1. The van der Waals surface area contributed by atoms with Gasteiger partial charge in [0.1, 0.15) is 11.4 Å². The number of amides is 1. The van der Waals surface area contributed by atoms with Crippen molar-refractivity contribution in [3.05, 3.63) is 89.1 Å². The SMILES string of the molecule is COc1cccc([C@H]2OC(=O)N[C@@H]2c2cccc(C#Cc3cccc(OC)n3)c2)c1. The van der Waals surface area contributed by atoms with Crippen molar-refractivity contribution in [2.24, 2.45) is 0 Å². The molecule has 30 heavy (non-hydrogen) atoms. The van der Waals surface area contributed by atoms with Gasteiger partial charge in [0, 0.05) is 11.6 Å². The summed E-state index contributed by atoms with van der Waals surface area (Å²) >= 11 is 0. The number of alkyl carbamates (subject to hydrolysis) is 1. The van der Waals surface area contributed by atoms with Crippen molar-refractivity contribution >= 4 is 6.09 Å². The number of rotatable bonds is 4. The number of benzene rings is 2. The second kappa shape index (κ2) is 8.58. The molecule has 4 rings (SSSR count). The second-order valence-electron chi connectivity index (χ2n) is 6.67. The average molecular weight is 400 g/mol. The Hall–Kier alpha value is -3.98. The number of hydrogen-bond donors (Lipinski definition) is 1. The Labute approximate surface area is 174 Å². The minimum Gasteiger partial charge on any atom is -0.497 e. The molecular formula is C24H20N2O4. The predicted molar refractivity (Wildman–Crippen MR) is 111 cm³/mol. The van der Waals surface area contributed by atoms with Crippen molar-refractivity contribution in [1.82, 2.24) is 10.3 Å². The van der Waals surface area contributed by atoms with E-state index in [-0.39, 0.29) is 6.04 Å². The van der Waals surface area contributed by atoms with Gasteiger partial charge in [0.15, 0.2) is 6.10 Å². The van der Waals surface area contributed by atoms with E-state index in [0.717, 1.165) is 16.7 Å². The Kier molecular flexibility index (Phi) is 5.53. The summed E-state index contributed by atoms with van der Waals surface area (Å²) < 4.78 is 16.0. The van der Waals surface area contributed by atoms with Gasteiger partial charge in [0.25, 0.3) is 0 Å². The number of methoxy groups -OCH3 is 2. The molecule has 1 amide bonds. The topological polar surface area (TPSA) is 69.7 Å². The van der Waals surface area contributed by atoms with E-state index in [0.29, 0.717) is 17.3 Å². The number of pyridine rings is 1. The number of hydrogen-bond acceptors (Lipinski definition) is 5. The molecule has 2 atom stereocenters. The summed E-state index contributed by atoms with van der Waals surface area (Å²) in [6, 6.07) is 20.3. The summed E-state index contributed by atoms with van der Waals surface area (Å²) in [5.74, 6) is 7.39. The van der Waals surface area contributed by atoms with Crippen LogP contribution in [-0.2, 0) is 4.74 Å². The van der Waals surface area contributed by atoms with Crippen LogP contribution in [0.4, 0.5) is 4.79 Å². The van der Waals surface area contributed by atoms with Crippen LogP contribution in [0, 0.1) is 11.8 Å². The highest BCUT2D eigenvalue weighted by Gasteiger charge is 2.36. The number of nitrogens with one attached hydrogen (secondary N) is 1. The van der Waals surface area contributed by atoms with E-state index in [9.17, 15) is 4.79 Å². The minimum absolute atomic E-state index is 0.332. The van der Waals surface area contributed by atoms with Crippen molar-refractivity contribution in [3.8, 4) is 23.5 Å². The van der Waals surface area contributed by atoms with E-state index in [4.69, 9.17) is 14.2 Å². The fraction of sp³-hybridized carbons (Fsp3) is 0.167. The van der Waals surface area contributed by atoms with Crippen LogP contribution in [0.3, 0.4) is 0 Å². The molecule has 0 radical (unpaired) electrons. The van der Waals surface area contributed by atoms with Crippen LogP contribution in [0.5, 0.6) is 11.6 Å². The zero-order valence-corrected chi connectivity index (χ0v) is 16.6. The summed E-state index contributed by atoms with van der Waals surface area (Å²) in [6.07, 6.45) is -0.916. The quantitative estimate of drug-likeness (QED) is 0.670. The van der Waals surface area contributed by atoms with Crippen LogP contribution in [0.25, 0.3) is 0 Å². The molecule has 150 valence electrons. The maximum Gasteiger partial charge on any atom is 0.408 e. The molecule has 0 saturated carbocycles. The summed E-state index contributed by atoms with van der Waals surface area (Å²) in [4.78, 5) is 16.3. The average Bonchev–Trinajstić information content (AvgIpc) is 3.20. The number of carbonyl (C=O) groups excluding carboxylic acids is 1. The molecule has 1 saturated heterocycles. The monoisotopic (exact) mass is 400 g/mol. The molecule has 6 nitrogen and oxygen atoms in total. The van der Waals surface area contributed by atoms with Gasteiger partial charge in [0.2, 0.25) is 5.88 Å². The molecule has 1 aromatic heterocycles. The van der Waals surface area contributed by atoms with E-state index in [1.54, 1.807) is 20.3 Å². The molecule has 6 heteroatoms. The number of aromatic nitrogens is 1. The van der Waals surface area contributed by atoms with Crippen molar-refractivity contribution in [1.29, 1.82) is 0 Å². The highest BCUT2D eigenvalue weighted by molar-refractivity contribution is 5.71. The molecule has 1 fully saturated rings. The number of cyclic esters (lactones) is 1. The molecule has 0 bridgehead atoms. The van der Waals surface area contributed by atoms with Gasteiger partial charge in [-0.25, -0.2) is 9.78 Å². The highest BCUT2D eigenvalue weighted by atomic mass is 16.6. The van der Waals surface area contributed by atoms with E-state index >= 15 is 0 Å². The Balaban J connectivity index is 1.62. The van der Waals surface area contributed by atoms with E-state index in [1.807, 2.05) is 60.7 Å². The summed E-state index contributed by atoms with van der Waals surface area (Å²) in [5.41, 5.74) is 3.18. The predicted octanol–water partition coefficient (Wildman–Crippen LogP) is 4.02. The standard InChI is InChI=1S/C24H20N2O4/c1-28-20-10-4-8-18(15-20)23-22(26-24(27)30-23)17-7-3-6-16(14-17)12-13-19-9-5-11-21(25-19)29-2/h3-11,14-15,22-23H,1-2H3,(H,26,27)/t22-,23-/m1/s1. The third kappa shape index (κ3) is 4.20. The molecule has 3 aromatic rings. The molecule has 0 unspecified atom stereocenters. The molecule has 2 heterocycles. The van der Waals surface area contributed by atoms with Crippen LogP contribution in [0.15, 0.2) is 66.7 Å². The van der Waals surface area contributed by atoms with E-state index in [2.05, 4.69) is 22.1 Å².